The van der Waals surface area contributed by atoms with Gasteiger partial charge in [-0.2, -0.15) is 0 Å². The van der Waals surface area contributed by atoms with E-state index in [0.717, 1.165) is 6.42 Å². The Hall–Kier alpha value is -1.59. The summed E-state index contributed by atoms with van der Waals surface area (Å²) in [7, 11) is 0. The van der Waals surface area contributed by atoms with Crippen molar-refractivity contribution in [3.8, 4) is 0 Å². The van der Waals surface area contributed by atoms with Gasteiger partial charge in [-0.1, -0.05) is 18.2 Å². The third-order valence-corrected chi connectivity index (χ3v) is 4.91. The number of nitrogens with zero attached hydrogens (tertiary/aromatic N) is 1. The lowest BCUT2D eigenvalue weighted by Gasteiger charge is -2.36. The SMILES string of the molecule is CC(C)(C)OC(=O)N1CCOCC1Cc1cc2ccccc2s1. The number of hydrogen-bond donors (Lipinski definition) is 0. The van der Waals surface area contributed by atoms with Crippen molar-refractivity contribution < 1.29 is 14.3 Å². The van der Waals surface area contributed by atoms with E-state index in [0.29, 0.717) is 19.8 Å². The van der Waals surface area contributed by atoms with Crippen LogP contribution >= 0.6 is 11.3 Å². The van der Waals surface area contributed by atoms with Crippen LogP contribution in [0.2, 0.25) is 0 Å². The van der Waals surface area contributed by atoms with Crippen LogP contribution in [-0.2, 0) is 15.9 Å². The zero-order chi connectivity index (χ0) is 16.4. The molecule has 1 aromatic heterocycles. The Kier molecular flexibility index (Phi) is 4.60. The van der Waals surface area contributed by atoms with E-state index in [9.17, 15) is 4.79 Å². The Morgan fingerprint density at radius 2 is 2.17 bits per heavy atom. The third-order valence-electron chi connectivity index (χ3n) is 3.77. The minimum atomic E-state index is -0.475. The van der Waals surface area contributed by atoms with Crippen molar-refractivity contribution in [1.29, 1.82) is 0 Å². The Morgan fingerprint density at radius 1 is 1.39 bits per heavy atom. The molecule has 0 bridgehead atoms. The highest BCUT2D eigenvalue weighted by molar-refractivity contribution is 7.19. The Labute approximate surface area is 141 Å². The second-order valence-electron chi connectivity index (χ2n) is 6.86. The maximum Gasteiger partial charge on any atom is 0.410 e. The molecule has 0 spiro atoms. The van der Waals surface area contributed by atoms with Gasteiger partial charge < -0.3 is 14.4 Å². The maximum atomic E-state index is 12.4. The number of carbonyl (C=O) groups excluding carboxylic acids is 1. The molecule has 1 aliphatic rings. The highest BCUT2D eigenvalue weighted by Crippen LogP contribution is 2.28. The molecule has 4 nitrogen and oxygen atoms in total. The van der Waals surface area contributed by atoms with Gasteiger partial charge in [-0.25, -0.2) is 4.79 Å². The fraction of sp³-hybridized carbons (Fsp3) is 0.500. The summed E-state index contributed by atoms with van der Waals surface area (Å²) < 4.78 is 12.4. The molecule has 1 fully saturated rings. The molecular formula is C18H23NO3S. The number of ether oxygens (including phenoxy) is 2. The minimum Gasteiger partial charge on any atom is -0.444 e. The Morgan fingerprint density at radius 3 is 2.91 bits per heavy atom. The topological polar surface area (TPSA) is 38.8 Å². The molecule has 1 unspecified atom stereocenters. The minimum absolute atomic E-state index is 0.0339. The summed E-state index contributed by atoms with van der Waals surface area (Å²) in [6, 6.07) is 10.6. The zero-order valence-corrected chi connectivity index (χ0v) is 14.7. The van der Waals surface area contributed by atoms with Crippen molar-refractivity contribution in [1.82, 2.24) is 4.90 Å². The van der Waals surface area contributed by atoms with Gasteiger partial charge in [0.05, 0.1) is 19.3 Å². The van der Waals surface area contributed by atoms with Crippen LogP contribution < -0.4 is 0 Å². The van der Waals surface area contributed by atoms with Crippen molar-refractivity contribution in [2.75, 3.05) is 19.8 Å². The van der Waals surface area contributed by atoms with Gasteiger partial charge in [0, 0.05) is 22.5 Å². The standard InChI is InChI=1S/C18H23NO3S/c1-18(2,3)22-17(20)19-8-9-21-12-14(19)11-15-10-13-6-4-5-7-16(13)23-15/h4-7,10,14H,8-9,11-12H2,1-3H3. The molecule has 5 heteroatoms. The Bertz CT molecular complexity index is 656. The summed E-state index contributed by atoms with van der Waals surface area (Å²) in [5.41, 5.74) is -0.475. The van der Waals surface area contributed by atoms with Gasteiger partial charge in [-0.05, 0) is 38.3 Å². The van der Waals surface area contributed by atoms with E-state index in [1.807, 2.05) is 25.7 Å². The Balaban J connectivity index is 1.74. The summed E-state index contributed by atoms with van der Waals surface area (Å²) in [4.78, 5) is 15.5. The summed E-state index contributed by atoms with van der Waals surface area (Å²) in [5.74, 6) is 0. The van der Waals surface area contributed by atoms with Gasteiger partial charge in [0.25, 0.3) is 0 Å². The van der Waals surface area contributed by atoms with Crippen LogP contribution in [0.1, 0.15) is 25.6 Å². The summed E-state index contributed by atoms with van der Waals surface area (Å²) in [5, 5.41) is 1.26. The maximum absolute atomic E-state index is 12.4. The molecule has 1 aromatic carbocycles. The smallest absolute Gasteiger partial charge is 0.410 e. The lowest BCUT2D eigenvalue weighted by Crippen LogP contribution is -2.51. The highest BCUT2D eigenvalue weighted by atomic mass is 32.1. The number of rotatable bonds is 2. The quantitative estimate of drug-likeness (QED) is 0.831. The molecule has 2 aromatic rings. The van der Waals surface area contributed by atoms with Gasteiger partial charge in [-0.15, -0.1) is 11.3 Å². The van der Waals surface area contributed by atoms with Crippen molar-refractivity contribution in [3.63, 3.8) is 0 Å². The predicted molar refractivity (Wildman–Crippen MR) is 93.1 cm³/mol. The van der Waals surface area contributed by atoms with Gasteiger partial charge >= 0.3 is 6.09 Å². The highest BCUT2D eigenvalue weighted by Gasteiger charge is 2.31. The van der Waals surface area contributed by atoms with E-state index < -0.39 is 5.60 Å². The number of hydrogen-bond acceptors (Lipinski definition) is 4. The molecule has 124 valence electrons. The van der Waals surface area contributed by atoms with Gasteiger partial charge in [0.2, 0.25) is 0 Å². The van der Waals surface area contributed by atoms with Crippen molar-refractivity contribution >= 4 is 27.5 Å². The number of benzene rings is 1. The second-order valence-corrected chi connectivity index (χ2v) is 8.03. The molecule has 3 rings (SSSR count). The molecule has 0 aliphatic carbocycles. The van der Waals surface area contributed by atoms with E-state index in [4.69, 9.17) is 9.47 Å². The summed E-state index contributed by atoms with van der Waals surface area (Å²) >= 11 is 1.78. The first-order valence-corrected chi connectivity index (χ1v) is 8.79. The zero-order valence-electron chi connectivity index (χ0n) is 13.9. The second kappa shape index (κ2) is 6.49. The number of thiophene rings is 1. The van der Waals surface area contributed by atoms with E-state index in [2.05, 4.69) is 30.3 Å². The molecular weight excluding hydrogens is 310 g/mol. The normalized spacial score (nSPS) is 19.1. The van der Waals surface area contributed by atoms with Gasteiger partial charge in [0.1, 0.15) is 5.60 Å². The fourth-order valence-electron chi connectivity index (χ4n) is 2.75. The number of amides is 1. The molecule has 0 radical (unpaired) electrons. The van der Waals surface area contributed by atoms with E-state index in [-0.39, 0.29) is 12.1 Å². The molecule has 1 atom stereocenters. The van der Waals surface area contributed by atoms with Crippen molar-refractivity contribution in [3.05, 3.63) is 35.2 Å². The first-order valence-electron chi connectivity index (χ1n) is 7.97. The van der Waals surface area contributed by atoms with Crippen LogP contribution in [-0.4, -0.2) is 42.4 Å². The van der Waals surface area contributed by atoms with Crippen LogP contribution in [0.4, 0.5) is 4.79 Å². The number of carbonyl (C=O) groups is 1. The van der Waals surface area contributed by atoms with E-state index in [1.54, 1.807) is 11.3 Å². The largest absolute Gasteiger partial charge is 0.444 e. The molecule has 23 heavy (non-hydrogen) atoms. The molecule has 2 heterocycles. The van der Waals surface area contributed by atoms with Crippen LogP contribution in [0.3, 0.4) is 0 Å². The lowest BCUT2D eigenvalue weighted by atomic mass is 10.1. The van der Waals surface area contributed by atoms with Crippen LogP contribution in [0.5, 0.6) is 0 Å². The van der Waals surface area contributed by atoms with E-state index in [1.165, 1.54) is 15.0 Å². The number of fused-ring (bicyclic) bond motifs is 1. The number of morpholine rings is 1. The van der Waals surface area contributed by atoms with Gasteiger partial charge in [-0.3, -0.25) is 0 Å². The molecule has 1 aliphatic heterocycles. The molecule has 1 amide bonds. The summed E-state index contributed by atoms with van der Waals surface area (Å²) in [6.45, 7) is 7.41. The summed E-state index contributed by atoms with van der Waals surface area (Å²) in [6.07, 6.45) is 0.561. The fourth-order valence-corrected chi connectivity index (χ4v) is 3.89. The van der Waals surface area contributed by atoms with Crippen LogP contribution in [0.15, 0.2) is 30.3 Å². The van der Waals surface area contributed by atoms with E-state index >= 15 is 0 Å². The lowest BCUT2D eigenvalue weighted by molar-refractivity contribution is -0.0317. The predicted octanol–water partition coefficient (Wildman–Crippen LogP) is 4.08. The molecule has 1 saturated heterocycles. The first kappa shape index (κ1) is 16.3. The van der Waals surface area contributed by atoms with Crippen molar-refractivity contribution in [2.45, 2.75) is 38.8 Å². The van der Waals surface area contributed by atoms with Crippen LogP contribution in [0.25, 0.3) is 10.1 Å². The average Bonchev–Trinajstić information content (AvgIpc) is 2.88. The molecule has 0 N–H and O–H groups in total. The first-order chi connectivity index (χ1) is 10.9. The monoisotopic (exact) mass is 333 g/mol. The average molecular weight is 333 g/mol. The van der Waals surface area contributed by atoms with Crippen molar-refractivity contribution in [2.24, 2.45) is 0 Å². The third kappa shape index (κ3) is 4.03. The molecule has 0 saturated carbocycles. The van der Waals surface area contributed by atoms with Gasteiger partial charge in [0.15, 0.2) is 0 Å². The van der Waals surface area contributed by atoms with Crippen LogP contribution in [0, 0.1) is 0 Å².